The predicted molar refractivity (Wildman–Crippen MR) is 50.8 cm³/mol. The van der Waals surface area contributed by atoms with Gasteiger partial charge in [-0.3, -0.25) is 0 Å². The van der Waals surface area contributed by atoms with E-state index in [-0.39, 0.29) is 0 Å². The molecule has 1 aliphatic rings. The molecule has 0 bridgehead atoms. The van der Waals surface area contributed by atoms with Gasteiger partial charge in [0, 0.05) is 6.54 Å². The van der Waals surface area contributed by atoms with E-state index in [0.717, 1.165) is 5.92 Å². The average molecular weight is 161 g/mol. The van der Waals surface area contributed by atoms with Crippen LogP contribution in [-0.2, 0) is 13.0 Å². The van der Waals surface area contributed by atoms with E-state index in [4.69, 9.17) is 5.73 Å². The van der Waals surface area contributed by atoms with Crippen molar-refractivity contribution >= 4 is 0 Å². The maximum Gasteiger partial charge on any atom is 0.0180 e. The average Bonchev–Trinajstić information content (AvgIpc) is 2.89. The maximum absolute atomic E-state index is 5.65. The second-order valence-corrected chi connectivity index (χ2v) is 3.62. The Labute approximate surface area is 73.6 Å². The zero-order chi connectivity index (χ0) is 8.39. The van der Waals surface area contributed by atoms with E-state index in [2.05, 4.69) is 24.3 Å². The third-order valence-electron chi connectivity index (χ3n) is 2.54. The predicted octanol–water partition coefficient (Wildman–Crippen LogP) is 2.10. The van der Waals surface area contributed by atoms with Crippen LogP contribution in [0.5, 0.6) is 0 Å². The summed E-state index contributed by atoms with van der Waals surface area (Å²) in [6.45, 7) is 0.683. The van der Waals surface area contributed by atoms with E-state index in [0.29, 0.717) is 6.54 Å². The van der Waals surface area contributed by atoms with Gasteiger partial charge in [0.15, 0.2) is 0 Å². The standard InChI is InChI=1S/C11H15N/c12-8-11-4-2-1-3-10(11)7-9-5-6-9/h1-4,9H,5-8,12H2. The van der Waals surface area contributed by atoms with Crippen LogP contribution in [0, 0.1) is 5.92 Å². The van der Waals surface area contributed by atoms with Gasteiger partial charge in [-0.15, -0.1) is 0 Å². The summed E-state index contributed by atoms with van der Waals surface area (Å²) in [5.41, 5.74) is 8.43. The van der Waals surface area contributed by atoms with Crippen molar-refractivity contribution in [2.45, 2.75) is 25.8 Å². The Balaban J connectivity index is 2.15. The lowest BCUT2D eigenvalue weighted by Crippen LogP contribution is -2.01. The van der Waals surface area contributed by atoms with Gasteiger partial charge in [-0.1, -0.05) is 24.3 Å². The summed E-state index contributed by atoms with van der Waals surface area (Å²) in [6, 6.07) is 8.52. The minimum absolute atomic E-state index is 0.683. The van der Waals surface area contributed by atoms with Crippen molar-refractivity contribution in [3.63, 3.8) is 0 Å². The highest BCUT2D eigenvalue weighted by molar-refractivity contribution is 5.27. The largest absolute Gasteiger partial charge is 0.326 e. The number of rotatable bonds is 3. The number of hydrogen-bond donors (Lipinski definition) is 1. The molecule has 0 aromatic heterocycles. The van der Waals surface area contributed by atoms with Gasteiger partial charge in [-0.05, 0) is 36.3 Å². The monoisotopic (exact) mass is 161 g/mol. The number of nitrogens with two attached hydrogens (primary N) is 1. The number of hydrogen-bond acceptors (Lipinski definition) is 1. The Kier molecular flexibility index (Phi) is 2.13. The molecule has 2 N–H and O–H groups in total. The Bertz CT molecular complexity index is 263. The first-order valence-corrected chi connectivity index (χ1v) is 4.67. The Hall–Kier alpha value is -0.820. The molecule has 0 radical (unpaired) electrons. The molecule has 0 amide bonds. The topological polar surface area (TPSA) is 26.0 Å². The van der Waals surface area contributed by atoms with Gasteiger partial charge in [0.1, 0.15) is 0 Å². The fourth-order valence-electron chi connectivity index (χ4n) is 1.59. The molecule has 1 aromatic carbocycles. The normalized spacial score (nSPS) is 16.4. The van der Waals surface area contributed by atoms with E-state index < -0.39 is 0 Å². The highest BCUT2D eigenvalue weighted by Crippen LogP contribution is 2.33. The molecular weight excluding hydrogens is 146 g/mol. The third-order valence-corrected chi connectivity index (χ3v) is 2.54. The zero-order valence-corrected chi connectivity index (χ0v) is 7.29. The van der Waals surface area contributed by atoms with Gasteiger partial charge in [0.25, 0.3) is 0 Å². The van der Waals surface area contributed by atoms with Crippen LogP contribution in [0.2, 0.25) is 0 Å². The second kappa shape index (κ2) is 3.28. The molecule has 12 heavy (non-hydrogen) atoms. The fraction of sp³-hybridized carbons (Fsp3) is 0.455. The minimum atomic E-state index is 0.683. The van der Waals surface area contributed by atoms with Gasteiger partial charge in [-0.25, -0.2) is 0 Å². The third kappa shape index (κ3) is 1.67. The van der Waals surface area contributed by atoms with Crippen LogP contribution < -0.4 is 5.73 Å². The highest BCUT2D eigenvalue weighted by atomic mass is 14.5. The fourth-order valence-corrected chi connectivity index (χ4v) is 1.59. The molecule has 1 heteroatoms. The van der Waals surface area contributed by atoms with E-state index in [9.17, 15) is 0 Å². The molecule has 0 atom stereocenters. The van der Waals surface area contributed by atoms with Crippen molar-refractivity contribution in [3.05, 3.63) is 35.4 Å². The lowest BCUT2D eigenvalue weighted by atomic mass is 10.0. The molecule has 0 unspecified atom stereocenters. The quantitative estimate of drug-likeness (QED) is 0.721. The molecule has 64 valence electrons. The molecule has 0 saturated heterocycles. The Morgan fingerprint density at radius 3 is 2.42 bits per heavy atom. The first-order valence-electron chi connectivity index (χ1n) is 4.67. The molecule has 0 aliphatic heterocycles. The van der Waals surface area contributed by atoms with Crippen molar-refractivity contribution < 1.29 is 0 Å². The molecule has 1 nitrogen and oxygen atoms in total. The van der Waals surface area contributed by atoms with Crippen molar-refractivity contribution in [1.29, 1.82) is 0 Å². The van der Waals surface area contributed by atoms with Gasteiger partial charge in [0.2, 0.25) is 0 Å². The molecular formula is C11H15N. The van der Waals surface area contributed by atoms with Crippen LogP contribution in [-0.4, -0.2) is 0 Å². The SMILES string of the molecule is NCc1ccccc1CC1CC1. The summed E-state index contributed by atoms with van der Waals surface area (Å²) >= 11 is 0. The lowest BCUT2D eigenvalue weighted by Gasteiger charge is -2.05. The van der Waals surface area contributed by atoms with E-state index in [1.165, 1.54) is 30.4 Å². The lowest BCUT2D eigenvalue weighted by molar-refractivity contribution is 0.816. The van der Waals surface area contributed by atoms with Crippen LogP contribution >= 0.6 is 0 Å². The van der Waals surface area contributed by atoms with E-state index >= 15 is 0 Å². The van der Waals surface area contributed by atoms with Crippen LogP contribution in [0.15, 0.2) is 24.3 Å². The smallest absolute Gasteiger partial charge is 0.0180 e. The summed E-state index contributed by atoms with van der Waals surface area (Å²) < 4.78 is 0. The van der Waals surface area contributed by atoms with E-state index in [1.807, 2.05) is 0 Å². The maximum atomic E-state index is 5.65. The van der Waals surface area contributed by atoms with Crippen molar-refractivity contribution in [3.8, 4) is 0 Å². The molecule has 1 aliphatic carbocycles. The molecule has 0 spiro atoms. The van der Waals surface area contributed by atoms with Crippen molar-refractivity contribution in [2.24, 2.45) is 11.7 Å². The van der Waals surface area contributed by atoms with Gasteiger partial charge >= 0.3 is 0 Å². The highest BCUT2D eigenvalue weighted by Gasteiger charge is 2.21. The van der Waals surface area contributed by atoms with Gasteiger partial charge in [-0.2, -0.15) is 0 Å². The first-order chi connectivity index (χ1) is 5.90. The molecule has 1 fully saturated rings. The molecule has 0 heterocycles. The van der Waals surface area contributed by atoms with Crippen LogP contribution in [0.4, 0.5) is 0 Å². The van der Waals surface area contributed by atoms with Crippen molar-refractivity contribution in [1.82, 2.24) is 0 Å². The minimum Gasteiger partial charge on any atom is -0.326 e. The summed E-state index contributed by atoms with van der Waals surface area (Å²) in [4.78, 5) is 0. The second-order valence-electron chi connectivity index (χ2n) is 3.62. The first kappa shape index (κ1) is 7.81. The molecule has 2 rings (SSSR count). The van der Waals surface area contributed by atoms with Crippen LogP contribution in [0.3, 0.4) is 0 Å². The summed E-state index contributed by atoms with van der Waals surface area (Å²) in [5.74, 6) is 0.956. The van der Waals surface area contributed by atoms with Gasteiger partial charge in [0.05, 0.1) is 0 Å². The van der Waals surface area contributed by atoms with Crippen LogP contribution in [0.25, 0.3) is 0 Å². The summed E-state index contributed by atoms with van der Waals surface area (Å²) in [6.07, 6.45) is 4.07. The number of benzene rings is 1. The van der Waals surface area contributed by atoms with Crippen molar-refractivity contribution in [2.75, 3.05) is 0 Å². The van der Waals surface area contributed by atoms with E-state index in [1.54, 1.807) is 0 Å². The Morgan fingerprint density at radius 1 is 1.17 bits per heavy atom. The zero-order valence-electron chi connectivity index (χ0n) is 7.29. The van der Waals surface area contributed by atoms with Crippen LogP contribution in [0.1, 0.15) is 24.0 Å². The Morgan fingerprint density at radius 2 is 1.83 bits per heavy atom. The summed E-state index contributed by atoms with van der Waals surface area (Å²) in [7, 11) is 0. The van der Waals surface area contributed by atoms with Gasteiger partial charge < -0.3 is 5.73 Å². The molecule has 1 saturated carbocycles. The summed E-state index contributed by atoms with van der Waals surface area (Å²) in [5, 5.41) is 0. The molecule has 1 aromatic rings.